The van der Waals surface area contributed by atoms with Gasteiger partial charge in [0.1, 0.15) is 0 Å². The highest BCUT2D eigenvalue weighted by molar-refractivity contribution is 7.89. The molecule has 1 saturated carbocycles. The molecule has 0 amide bonds. The van der Waals surface area contributed by atoms with Crippen LogP contribution in [0.25, 0.3) is 0 Å². The summed E-state index contributed by atoms with van der Waals surface area (Å²) in [7, 11) is -1.49. The number of ether oxygens (including phenoxy) is 1. The van der Waals surface area contributed by atoms with Crippen LogP contribution in [0.4, 0.5) is 0 Å². The standard InChI is InChI=1S/C14H30N2O3S/c1-5-15-13-6-8-14(9-7-13)16(4)20(17,18)11-10-19-12(2)3/h12-15H,5-11H2,1-4H3. The van der Waals surface area contributed by atoms with E-state index in [-0.39, 0.29) is 24.5 Å². The molecule has 0 saturated heterocycles. The molecule has 0 aromatic rings. The van der Waals surface area contributed by atoms with Crippen molar-refractivity contribution in [3.05, 3.63) is 0 Å². The zero-order chi connectivity index (χ0) is 15.2. The largest absolute Gasteiger partial charge is 0.378 e. The van der Waals surface area contributed by atoms with Crippen molar-refractivity contribution in [3.8, 4) is 0 Å². The van der Waals surface area contributed by atoms with Crippen LogP contribution < -0.4 is 5.32 Å². The lowest BCUT2D eigenvalue weighted by Crippen LogP contribution is -2.44. The fraction of sp³-hybridized carbons (Fsp3) is 1.00. The third kappa shape index (κ3) is 5.68. The van der Waals surface area contributed by atoms with Crippen molar-refractivity contribution in [1.82, 2.24) is 9.62 Å². The molecule has 1 N–H and O–H groups in total. The van der Waals surface area contributed by atoms with Gasteiger partial charge in [0.05, 0.1) is 18.5 Å². The Labute approximate surface area is 124 Å². The first-order valence-electron chi connectivity index (χ1n) is 7.67. The van der Waals surface area contributed by atoms with E-state index in [4.69, 9.17) is 4.74 Å². The molecule has 0 unspecified atom stereocenters. The van der Waals surface area contributed by atoms with Crippen LogP contribution in [0.5, 0.6) is 0 Å². The second kappa shape index (κ2) is 8.32. The number of nitrogens with zero attached hydrogens (tertiary/aromatic N) is 1. The van der Waals surface area contributed by atoms with Gasteiger partial charge >= 0.3 is 0 Å². The molecule has 5 nitrogen and oxygen atoms in total. The minimum Gasteiger partial charge on any atom is -0.378 e. The van der Waals surface area contributed by atoms with Gasteiger partial charge in [0.25, 0.3) is 0 Å². The van der Waals surface area contributed by atoms with Gasteiger partial charge in [-0.25, -0.2) is 12.7 Å². The van der Waals surface area contributed by atoms with Crippen LogP contribution in [-0.4, -0.2) is 56.9 Å². The molecule has 6 heteroatoms. The van der Waals surface area contributed by atoms with Gasteiger partial charge in [-0.2, -0.15) is 0 Å². The number of sulfonamides is 1. The predicted molar refractivity (Wildman–Crippen MR) is 82.4 cm³/mol. The van der Waals surface area contributed by atoms with E-state index >= 15 is 0 Å². The Hall–Kier alpha value is -0.170. The summed E-state index contributed by atoms with van der Waals surface area (Å²) in [6, 6.07) is 0.700. The number of hydrogen-bond acceptors (Lipinski definition) is 4. The monoisotopic (exact) mass is 306 g/mol. The topological polar surface area (TPSA) is 58.6 Å². The quantitative estimate of drug-likeness (QED) is 0.740. The van der Waals surface area contributed by atoms with Gasteiger partial charge in [0.15, 0.2) is 0 Å². The second-order valence-corrected chi connectivity index (χ2v) is 7.96. The molecule has 0 bridgehead atoms. The Morgan fingerprint density at radius 2 is 1.85 bits per heavy atom. The molecule has 1 rings (SSSR count). The Kier molecular flexibility index (Phi) is 7.43. The minimum absolute atomic E-state index is 0.0751. The first-order valence-corrected chi connectivity index (χ1v) is 9.28. The normalized spacial score (nSPS) is 24.5. The predicted octanol–water partition coefficient (Wildman–Crippen LogP) is 1.59. The summed E-state index contributed by atoms with van der Waals surface area (Å²) >= 11 is 0. The fourth-order valence-corrected chi connectivity index (χ4v) is 3.95. The summed E-state index contributed by atoms with van der Waals surface area (Å²) in [6.45, 7) is 7.20. The van der Waals surface area contributed by atoms with Crippen molar-refractivity contribution in [2.24, 2.45) is 0 Å². The van der Waals surface area contributed by atoms with Gasteiger partial charge < -0.3 is 10.1 Å². The lowest BCUT2D eigenvalue weighted by atomic mass is 9.91. The van der Waals surface area contributed by atoms with Crippen LogP contribution in [0.2, 0.25) is 0 Å². The molecular weight excluding hydrogens is 276 g/mol. The van der Waals surface area contributed by atoms with E-state index in [2.05, 4.69) is 12.2 Å². The lowest BCUT2D eigenvalue weighted by molar-refractivity contribution is 0.0904. The molecule has 1 fully saturated rings. The molecular formula is C14H30N2O3S. The lowest BCUT2D eigenvalue weighted by Gasteiger charge is -2.34. The second-order valence-electron chi connectivity index (χ2n) is 5.81. The van der Waals surface area contributed by atoms with Crippen molar-refractivity contribution >= 4 is 10.0 Å². The van der Waals surface area contributed by atoms with Gasteiger partial charge in [0, 0.05) is 19.1 Å². The summed E-state index contributed by atoms with van der Waals surface area (Å²) in [6.07, 6.45) is 4.07. The van der Waals surface area contributed by atoms with Crippen molar-refractivity contribution in [2.45, 2.75) is 64.6 Å². The van der Waals surface area contributed by atoms with E-state index in [0.29, 0.717) is 6.04 Å². The van der Waals surface area contributed by atoms with Crippen molar-refractivity contribution in [3.63, 3.8) is 0 Å². The molecule has 0 atom stereocenters. The summed E-state index contributed by atoms with van der Waals surface area (Å²) in [5.41, 5.74) is 0. The zero-order valence-electron chi connectivity index (χ0n) is 13.3. The Morgan fingerprint density at radius 1 is 1.25 bits per heavy atom. The highest BCUT2D eigenvalue weighted by Crippen LogP contribution is 2.24. The Bertz CT molecular complexity index is 363. The van der Waals surface area contributed by atoms with E-state index in [9.17, 15) is 8.42 Å². The van der Waals surface area contributed by atoms with E-state index in [1.807, 2.05) is 13.8 Å². The maximum Gasteiger partial charge on any atom is 0.216 e. The Morgan fingerprint density at radius 3 is 2.35 bits per heavy atom. The molecule has 120 valence electrons. The molecule has 1 aliphatic rings. The van der Waals surface area contributed by atoms with E-state index < -0.39 is 10.0 Å². The fourth-order valence-electron chi connectivity index (χ4n) is 2.69. The van der Waals surface area contributed by atoms with Crippen LogP contribution in [-0.2, 0) is 14.8 Å². The first-order chi connectivity index (χ1) is 9.36. The summed E-state index contributed by atoms with van der Waals surface area (Å²) < 4.78 is 31.4. The van der Waals surface area contributed by atoms with Crippen LogP contribution in [0.1, 0.15) is 46.5 Å². The van der Waals surface area contributed by atoms with Crippen LogP contribution in [0.3, 0.4) is 0 Å². The van der Waals surface area contributed by atoms with Crippen molar-refractivity contribution in [1.29, 1.82) is 0 Å². The third-order valence-corrected chi connectivity index (χ3v) is 5.79. The van der Waals surface area contributed by atoms with Gasteiger partial charge in [-0.05, 0) is 46.1 Å². The average Bonchev–Trinajstić information content (AvgIpc) is 2.38. The van der Waals surface area contributed by atoms with E-state index in [1.165, 1.54) is 0 Å². The molecule has 0 aromatic carbocycles. The average molecular weight is 306 g/mol. The molecule has 20 heavy (non-hydrogen) atoms. The highest BCUT2D eigenvalue weighted by Gasteiger charge is 2.29. The molecule has 0 radical (unpaired) electrons. The minimum atomic E-state index is -3.20. The summed E-state index contributed by atoms with van der Waals surface area (Å²) in [5, 5.41) is 3.44. The third-order valence-electron chi connectivity index (χ3n) is 3.93. The van der Waals surface area contributed by atoms with Gasteiger partial charge in [-0.1, -0.05) is 6.92 Å². The van der Waals surface area contributed by atoms with Gasteiger partial charge in [-0.3, -0.25) is 0 Å². The summed E-state index contributed by atoms with van der Waals surface area (Å²) in [5.74, 6) is 0.0782. The summed E-state index contributed by atoms with van der Waals surface area (Å²) in [4.78, 5) is 0. The van der Waals surface area contributed by atoms with Crippen molar-refractivity contribution < 1.29 is 13.2 Å². The van der Waals surface area contributed by atoms with Gasteiger partial charge in [-0.15, -0.1) is 0 Å². The highest BCUT2D eigenvalue weighted by atomic mass is 32.2. The van der Waals surface area contributed by atoms with E-state index in [1.54, 1.807) is 11.4 Å². The molecule has 0 spiro atoms. The Balaban J connectivity index is 2.42. The smallest absolute Gasteiger partial charge is 0.216 e. The van der Waals surface area contributed by atoms with Crippen LogP contribution in [0, 0.1) is 0 Å². The van der Waals surface area contributed by atoms with Gasteiger partial charge in [0.2, 0.25) is 10.0 Å². The number of hydrogen-bond donors (Lipinski definition) is 1. The van der Waals surface area contributed by atoms with Crippen molar-refractivity contribution in [2.75, 3.05) is 26.0 Å². The maximum atomic E-state index is 12.2. The molecule has 0 aromatic heterocycles. The first kappa shape index (κ1) is 17.9. The molecule has 1 aliphatic carbocycles. The van der Waals surface area contributed by atoms with E-state index in [0.717, 1.165) is 32.2 Å². The van der Waals surface area contributed by atoms with Crippen LogP contribution >= 0.6 is 0 Å². The van der Waals surface area contributed by atoms with Crippen LogP contribution in [0.15, 0.2) is 0 Å². The number of rotatable bonds is 8. The maximum absolute atomic E-state index is 12.2. The number of nitrogens with one attached hydrogen (secondary N) is 1. The zero-order valence-corrected chi connectivity index (χ0v) is 14.1. The molecule has 0 aliphatic heterocycles. The SMILES string of the molecule is CCNC1CCC(N(C)S(=O)(=O)CCOC(C)C)CC1. The molecule has 0 heterocycles.